The van der Waals surface area contributed by atoms with Crippen LogP contribution in [0.15, 0.2) is 17.0 Å². The van der Waals surface area contributed by atoms with Gasteiger partial charge in [-0.05, 0) is 55.5 Å². The summed E-state index contributed by atoms with van der Waals surface area (Å²) in [5.41, 5.74) is 1.68. The molecule has 0 bridgehead atoms. The number of hydrogen-bond donors (Lipinski definition) is 2. The SMILES string of the molecule is CCNCc1cc(Cl)cc(S(=O)(=O)NCC2CC2)c1C. The van der Waals surface area contributed by atoms with Crippen molar-refractivity contribution >= 4 is 21.6 Å². The second kappa shape index (κ2) is 6.43. The molecule has 1 fully saturated rings. The molecule has 2 rings (SSSR count). The highest BCUT2D eigenvalue weighted by Crippen LogP contribution is 2.29. The average Bonchev–Trinajstić information content (AvgIpc) is 3.21. The average molecular weight is 317 g/mol. The zero-order valence-electron chi connectivity index (χ0n) is 11.9. The first kappa shape index (κ1) is 15.8. The maximum atomic E-state index is 12.4. The summed E-state index contributed by atoms with van der Waals surface area (Å²) in [5, 5.41) is 3.65. The lowest BCUT2D eigenvalue weighted by atomic mass is 10.1. The fourth-order valence-electron chi connectivity index (χ4n) is 2.06. The van der Waals surface area contributed by atoms with Crippen molar-refractivity contribution in [3.63, 3.8) is 0 Å². The van der Waals surface area contributed by atoms with Gasteiger partial charge in [0, 0.05) is 18.1 Å². The molecule has 0 heterocycles. The number of benzene rings is 1. The van der Waals surface area contributed by atoms with Crippen LogP contribution >= 0.6 is 11.6 Å². The van der Waals surface area contributed by atoms with Crippen molar-refractivity contribution in [2.75, 3.05) is 13.1 Å². The first-order valence-corrected chi connectivity index (χ1v) is 8.79. The molecule has 1 aliphatic rings. The molecule has 0 atom stereocenters. The summed E-state index contributed by atoms with van der Waals surface area (Å²) in [4.78, 5) is 0.290. The van der Waals surface area contributed by atoms with E-state index in [1.54, 1.807) is 0 Å². The van der Waals surface area contributed by atoms with Crippen molar-refractivity contribution in [2.24, 2.45) is 5.92 Å². The minimum Gasteiger partial charge on any atom is -0.313 e. The lowest BCUT2D eigenvalue weighted by molar-refractivity contribution is 0.576. The van der Waals surface area contributed by atoms with Crippen molar-refractivity contribution in [3.05, 3.63) is 28.3 Å². The Hall–Kier alpha value is -0.620. The van der Waals surface area contributed by atoms with E-state index >= 15 is 0 Å². The summed E-state index contributed by atoms with van der Waals surface area (Å²) < 4.78 is 27.4. The molecule has 1 saturated carbocycles. The van der Waals surface area contributed by atoms with Crippen molar-refractivity contribution in [1.82, 2.24) is 10.0 Å². The van der Waals surface area contributed by atoms with Gasteiger partial charge in [-0.15, -0.1) is 0 Å². The van der Waals surface area contributed by atoms with Gasteiger partial charge in [0.1, 0.15) is 0 Å². The van der Waals surface area contributed by atoms with Crippen LogP contribution in [0.25, 0.3) is 0 Å². The van der Waals surface area contributed by atoms with Gasteiger partial charge < -0.3 is 5.32 Å². The van der Waals surface area contributed by atoms with Crippen molar-refractivity contribution in [2.45, 2.75) is 38.1 Å². The van der Waals surface area contributed by atoms with Crippen LogP contribution in [0.5, 0.6) is 0 Å². The molecule has 1 aromatic rings. The molecule has 0 radical (unpaired) electrons. The molecular weight excluding hydrogens is 296 g/mol. The Morgan fingerprint density at radius 1 is 1.35 bits per heavy atom. The van der Waals surface area contributed by atoms with E-state index in [1.165, 1.54) is 6.07 Å². The van der Waals surface area contributed by atoms with E-state index in [4.69, 9.17) is 11.6 Å². The Morgan fingerprint density at radius 2 is 2.05 bits per heavy atom. The van der Waals surface area contributed by atoms with Gasteiger partial charge in [0.05, 0.1) is 4.90 Å². The van der Waals surface area contributed by atoms with Crippen molar-refractivity contribution in [3.8, 4) is 0 Å². The highest BCUT2D eigenvalue weighted by molar-refractivity contribution is 7.89. The van der Waals surface area contributed by atoms with Gasteiger partial charge in [0.2, 0.25) is 10.0 Å². The Bertz CT molecular complexity index is 583. The van der Waals surface area contributed by atoms with Gasteiger partial charge in [-0.1, -0.05) is 18.5 Å². The summed E-state index contributed by atoms with van der Waals surface area (Å²) in [7, 11) is -3.48. The van der Waals surface area contributed by atoms with Crippen LogP contribution in [0.4, 0.5) is 0 Å². The Kier molecular flexibility index (Phi) is 5.07. The number of halogens is 1. The van der Waals surface area contributed by atoms with Gasteiger partial charge in [-0.25, -0.2) is 13.1 Å². The summed E-state index contributed by atoms with van der Waals surface area (Å²) >= 11 is 6.06. The minimum atomic E-state index is -3.48. The van der Waals surface area contributed by atoms with E-state index in [9.17, 15) is 8.42 Å². The normalized spacial score (nSPS) is 15.6. The molecule has 0 aromatic heterocycles. The summed E-state index contributed by atoms with van der Waals surface area (Å²) in [6.07, 6.45) is 2.23. The molecule has 1 aromatic carbocycles. The van der Waals surface area contributed by atoms with Gasteiger partial charge in [-0.3, -0.25) is 0 Å². The summed E-state index contributed by atoms with van der Waals surface area (Å²) in [6.45, 7) is 5.81. The Labute approximate surface area is 126 Å². The molecule has 0 spiro atoms. The smallest absolute Gasteiger partial charge is 0.240 e. The summed E-state index contributed by atoms with van der Waals surface area (Å²) in [6, 6.07) is 3.35. The molecule has 4 nitrogen and oxygen atoms in total. The van der Waals surface area contributed by atoms with Gasteiger partial charge in [-0.2, -0.15) is 0 Å². The van der Waals surface area contributed by atoms with Crippen LogP contribution in [0.2, 0.25) is 5.02 Å². The molecule has 112 valence electrons. The molecule has 1 aliphatic carbocycles. The van der Waals surface area contributed by atoms with Crippen molar-refractivity contribution < 1.29 is 8.42 Å². The fourth-order valence-corrected chi connectivity index (χ4v) is 3.79. The maximum Gasteiger partial charge on any atom is 0.240 e. The highest BCUT2D eigenvalue weighted by atomic mass is 35.5. The van der Waals surface area contributed by atoms with E-state index in [-0.39, 0.29) is 0 Å². The lowest BCUT2D eigenvalue weighted by Gasteiger charge is -2.14. The molecule has 20 heavy (non-hydrogen) atoms. The second-order valence-electron chi connectivity index (χ2n) is 5.26. The van der Waals surface area contributed by atoms with Crippen LogP contribution in [0.3, 0.4) is 0 Å². The van der Waals surface area contributed by atoms with Crippen LogP contribution in [-0.4, -0.2) is 21.5 Å². The summed E-state index contributed by atoms with van der Waals surface area (Å²) in [5.74, 6) is 0.505. The van der Waals surface area contributed by atoms with Gasteiger partial charge >= 0.3 is 0 Å². The van der Waals surface area contributed by atoms with Crippen LogP contribution in [-0.2, 0) is 16.6 Å². The number of hydrogen-bond acceptors (Lipinski definition) is 3. The molecular formula is C14H21ClN2O2S. The lowest BCUT2D eigenvalue weighted by Crippen LogP contribution is -2.27. The van der Waals surface area contributed by atoms with E-state index < -0.39 is 10.0 Å². The fraction of sp³-hybridized carbons (Fsp3) is 0.571. The third-order valence-corrected chi connectivity index (χ3v) is 5.31. The second-order valence-corrected chi connectivity index (χ2v) is 7.44. The molecule has 0 saturated heterocycles. The number of rotatable bonds is 7. The maximum absolute atomic E-state index is 12.4. The third kappa shape index (κ3) is 3.95. The predicted octanol–water partition coefficient (Wildman–Crippen LogP) is 2.45. The zero-order chi connectivity index (χ0) is 14.8. The Balaban J connectivity index is 2.26. The zero-order valence-corrected chi connectivity index (χ0v) is 13.4. The van der Waals surface area contributed by atoms with Gasteiger partial charge in [0.25, 0.3) is 0 Å². The van der Waals surface area contributed by atoms with Crippen LogP contribution in [0, 0.1) is 12.8 Å². The standard InChI is InChI=1S/C14H21ClN2O2S/c1-3-16-9-12-6-13(15)7-14(10(12)2)20(18,19)17-8-11-4-5-11/h6-7,11,16-17H,3-5,8-9H2,1-2H3. The Morgan fingerprint density at radius 3 is 2.65 bits per heavy atom. The molecule has 2 N–H and O–H groups in total. The van der Waals surface area contributed by atoms with E-state index in [2.05, 4.69) is 10.0 Å². The quantitative estimate of drug-likeness (QED) is 0.812. The molecule has 6 heteroatoms. The number of nitrogens with one attached hydrogen (secondary N) is 2. The monoisotopic (exact) mass is 316 g/mol. The van der Waals surface area contributed by atoms with Crippen LogP contribution < -0.4 is 10.0 Å². The topological polar surface area (TPSA) is 58.2 Å². The molecule has 0 amide bonds. The number of sulfonamides is 1. The first-order chi connectivity index (χ1) is 9.44. The third-order valence-electron chi connectivity index (χ3n) is 3.55. The largest absolute Gasteiger partial charge is 0.313 e. The molecule has 0 aliphatic heterocycles. The van der Waals surface area contributed by atoms with Crippen molar-refractivity contribution in [1.29, 1.82) is 0 Å². The van der Waals surface area contributed by atoms with Crippen LogP contribution in [0.1, 0.15) is 30.9 Å². The minimum absolute atomic E-state index is 0.290. The molecule has 0 unspecified atom stereocenters. The van der Waals surface area contributed by atoms with Gasteiger partial charge in [0.15, 0.2) is 0 Å². The predicted molar refractivity (Wildman–Crippen MR) is 81.5 cm³/mol. The highest BCUT2D eigenvalue weighted by Gasteiger charge is 2.25. The van der Waals surface area contributed by atoms with E-state index in [0.717, 1.165) is 30.5 Å². The first-order valence-electron chi connectivity index (χ1n) is 6.93. The van der Waals surface area contributed by atoms with E-state index in [1.807, 2.05) is 19.9 Å². The van der Waals surface area contributed by atoms with E-state index in [0.29, 0.717) is 28.9 Å².